The van der Waals surface area contributed by atoms with Gasteiger partial charge in [-0.3, -0.25) is 4.90 Å². The number of benzene rings is 2. The van der Waals surface area contributed by atoms with E-state index in [0.717, 1.165) is 62.9 Å². The number of ether oxygens (including phenoxy) is 3. The van der Waals surface area contributed by atoms with Crippen molar-refractivity contribution in [2.24, 2.45) is 0 Å². The smallest absolute Gasteiger partial charge is 0.160 e. The summed E-state index contributed by atoms with van der Waals surface area (Å²) < 4.78 is 16.5. The molecule has 1 heterocycles. The fourth-order valence-electron chi connectivity index (χ4n) is 3.46. The topological polar surface area (TPSA) is 60.2 Å². The zero-order valence-electron chi connectivity index (χ0n) is 16.9. The van der Waals surface area contributed by atoms with E-state index in [2.05, 4.69) is 21.9 Å². The molecule has 0 bridgehead atoms. The fourth-order valence-corrected chi connectivity index (χ4v) is 3.46. The monoisotopic (exact) mass is 385 g/mol. The highest BCUT2D eigenvalue weighted by atomic mass is 16.5. The highest BCUT2D eigenvalue weighted by molar-refractivity contribution is 5.51. The van der Waals surface area contributed by atoms with Gasteiger partial charge in [-0.05, 0) is 36.2 Å². The van der Waals surface area contributed by atoms with Crippen molar-refractivity contribution in [3.8, 4) is 17.2 Å². The molecule has 152 valence electrons. The largest absolute Gasteiger partial charge is 0.493 e. The van der Waals surface area contributed by atoms with Crippen molar-refractivity contribution in [2.45, 2.75) is 6.42 Å². The molecular formula is C22H31N3O3. The van der Waals surface area contributed by atoms with Crippen molar-refractivity contribution in [2.75, 3.05) is 65.8 Å². The van der Waals surface area contributed by atoms with Crippen LogP contribution >= 0.6 is 0 Å². The molecule has 1 aliphatic heterocycles. The zero-order valence-corrected chi connectivity index (χ0v) is 16.9. The Balaban J connectivity index is 1.37. The summed E-state index contributed by atoms with van der Waals surface area (Å²) in [6.45, 7) is 6.96. The molecule has 0 amide bonds. The van der Waals surface area contributed by atoms with Crippen LogP contribution in [0.3, 0.4) is 0 Å². The van der Waals surface area contributed by atoms with E-state index in [1.165, 1.54) is 5.56 Å². The first-order chi connectivity index (χ1) is 13.7. The maximum atomic E-state index is 5.91. The maximum Gasteiger partial charge on any atom is 0.160 e. The van der Waals surface area contributed by atoms with E-state index in [9.17, 15) is 0 Å². The van der Waals surface area contributed by atoms with Crippen LogP contribution in [0.1, 0.15) is 5.56 Å². The predicted molar refractivity (Wildman–Crippen MR) is 112 cm³/mol. The molecule has 0 saturated carbocycles. The summed E-state index contributed by atoms with van der Waals surface area (Å²) in [5, 5.41) is 0. The van der Waals surface area contributed by atoms with Crippen LogP contribution in [0.25, 0.3) is 0 Å². The number of nitrogens with zero attached hydrogens (tertiary/aromatic N) is 2. The molecule has 0 atom stereocenters. The highest BCUT2D eigenvalue weighted by Crippen LogP contribution is 2.27. The molecule has 1 aliphatic rings. The second kappa shape index (κ2) is 10.2. The summed E-state index contributed by atoms with van der Waals surface area (Å²) >= 11 is 0. The molecule has 2 aromatic rings. The minimum atomic E-state index is 0.667. The average Bonchev–Trinajstić information content (AvgIpc) is 2.74. The SMILES string of the molecule is COc1ccc(CCN2CCN(CCOc3ccccc3N)CC2)cc1OC. The van der Waals surface area contributed by atoms with Gasteiger partial charge in [0, 0.05) is 39.3 Å². The lowest BCUT2D eigenvalue weighted by molar-refractivity contribution is 0.118. The lowest BCUT2D eigenvalue weighted by Crippen LogP contribution is -2.47. The van der Waals surface area contributed by atoms with Crippen LogP contribution in [0.15, 0.2) is 42.5 Å². The van der Waals surface area contributed by atoms with Crippen molar-refractivity contribution >= 4 is 5.69 Å². The second-order valence-electron chi connectivity index (χ2n) is 7.01. The van der Waals surface area contributed by atoms with Gasteiger partial charge in [-0.2, -0.15) is 0 Å². The Morgan fingerprint density at radius 2 is 1.50 bits per heavy atom. The van der Waals surface area contributed by atoms with E-state index in [1.54, 1.807) is 14.2 Å². The number of hydrogen-bond donors (Lipinski definition) is 1. The van der Waals surface area contributed by atoms with Gasteiger partial charge in [0.1, 0.15) is 12.4 Å². The molecule has 1 saturated heterocycles. The third-order valence-corrected chi connectivity index (χ3v) is 5.21. The van der Waals surface area contributed by atoms with Crippen molar-refractivity contribution in [1.82, 2.24) is 9.80 Å². The van der Waals surface area contributed by atoms with E-state index in [1.807, 2.05) is 30.3 Å². The molecule has 0 radical (unpaired) electrons. The van der Waals surface area contributed by atoms with Gasteiger partial charge in [0.2, 0.25) is 0 Å². The van der Waals surface area contributed by atoms with Gasteiger partial charge in [0.05, 0.1) is 19.9 Å². The molecule has 1 fully saturated rings. The molecule has 0 aliphatic carbocycles. The Kier molecular flexibility index (Phi) is 7.39. The minimum absolute atomic E-state index is 0.667. The third-order valence-electron chi connectivity index (χ3n) is 5.21. The number of rotatable bonds is 9. The first kappa shape index (κ1) is 20.3. The van der Waals surface area contributed by atoms with Gasteiger partial charge in [-0.1, -0.05) is 18.2 Å². The highest BCUT2D eigenvalue weighted by Gasteiger charge is 2.17. The predicted octanol–water partition coefficient (Wildman–Crippen LogP) is 2.53. The molecule has 6 nitrogen and oxygen atoms in total. The Bertz CT molecular complexity index is 746. The van der Waals surface area contributed by atoms with Crippen LogP contribution in [0.4, 0.5) is 5.69 Å². The fraction of sp³-hybridized carbons (Fsp3) is 0.455. The number of para-hydroxylation sites is 2. The van der Waals surface area contributed by atoms with Crippen LogP contribution in [0, 0.1) is 0 Å². The summed E-state index contributed by atoms with van der Waals surface area (Å²) in [6.07, 6.45) is 1.01. The van der Waals surface area contributed by atoms with Crippen molar-refractivity contribution in [3.05, 3.63) is 48.0 Å². The van der Waals surface area contributed by atoms with Crippen molar-refractivity contribution in [1.29, 1.82) is 0 Å². The van der Waals surface area contributed by atoms with E-state index >= 15 is 0 Å². The van der Waals surface area contributed by atoms with Gasteiger partial charge >= 0.3 is 0 Å². The van der Waals surface area contributed by atoms with E-state index < -0.39 is 0 Å². The van der Waals surface area contributed by atoms with Gasteiger partial charge in [-0.15, -0.1) is 0 Å². The number of methoxy groups -OCH3 is 2. The third kappa shape index (κ3) is 5.53. The van der Waals surface area contributed by atoms with Crippen molar-refractivity contribution in [3.63, 3.8) is 0 Å². The standard InChI is InChI=1S/C22H31N3O3/c1-26-21-8-7-18(17-22(21)27-2)9-10-24-11-13-25(14-12-24)15-16-28-20-6-4-3-5-19(20)23/h3-8,17H,9-16,23H2,1-2H3. The van der Waals surface area contributed by atoms with Gasteiger partial charge in [0.15, 0.2) is 11.5 Å². The number of nitrogen functional groups attached to an aromatic ring is 1. The number of hydrogen-bond acceptors (Lipinski definition) is 6. The van der Waals surface area contributed by atoms with Crippen molar-refractivity contribution < 1.29 is 14.2 Å². The molecule has 3 rings (SSSR count). The van der Waals surface area contributed by atoms with Crippen LogP contribution in [-0.2, 0) is 6.42 Å². The summed E-state index contributed by atoms with van der Waals surface area (Å²) in [7, 11) is 3.34. The molecular weight excluding hydrogens is 354 g/mol. The number of anilines is 1. The molecule has 2 aromatic carbocycles. The minimum Gasteiger partial charge on any atom is -0.493 e. The first-order valence-corrected chi connectivity index (χ1v) is 9.82. The number of nitrogens with two attached hydrogens (primary N) is 1. The molecule has 0 unspecified atom stereocenters. The Hall–Kier alpha value is -2.44. The van der Waals surface area contributed by atoms with E-state index in [-0.39, 0.29) is 0 Å². The lowest BCUT2D eigenvalue weighted by Gasteiger charge is -2.34. The quantitative estimate of drug-likeness (QED) is 0.670. The van der Waals surface area contributed by atoms with E-state index in [4.69, 9.17) is 19.9 Å². The van der Waals surface area contributed by atoms with Crippen LogP contribution in [0.2, 0.25) is 0 Å². The maximum absolute atomic E-state index is 5.91. The molecule has 28 heavy (non-hydrogen) atoms. The summed E-state index contributed by atoms with van der Waals surface area (Å²) in [6, 6.07) is 13.8. The molecule has 2 N–H and O–H groups in total. The zero-order chi connectivity index (χ0) is 19.8. The second-order valence-corrected chi connectivity index (χ2v) is 7.01. The van der Waals surface area contributed by atoms with Crippen LogP contribution in [-0.4, -0.2) is 69.9 Å². The molecule has 6 heteroatoms. The number of piperazine rings is 1. The van der Waals surface area contributed by atoms with Gasteiger partial charge < -0.3 is 24.8 Å². The summed E-state index contributed by atoms with van der Waals surface area (Å²) in [4.78, 5) is 4.97. The Morgan fingerprint density at radius 3 is 2.18 bits per heavy atom. The van der Waals surface area contributed by atoms with Gasteiger partial charge in [-0.25, -0.2) is 0 Å². The normalized spacial score (nSPS) is 15.4. The summed E-state index contributed by atoms with van der Waals surface area (Å²) in [5.41, 5.74) is 7.88. The van der Waals surface area contributed by atoms with Gasteiger partial charge in [0.25, 0.3) is 0 Å². The Morgan fingerprint density at radius 1 is 0.821 bits per heavy atom. The summed E-state index contributed by atoms with van der Waals surface area (Å²) in [5.74, 6) is 2.35. The van der Waals surface area contributed by atoms with E-state index in [0.29, 0.717) is 12.3 Å². The Labute approximate surface area is 167 Å². The average molecular weight is 386 g/mol. The first-order valence-electron chi connectivity index (χ1n) is 9.82. The molecule has 0 aromatic heterocycles. The lowest BCUT2D eigenvalue weighted by atomic mass is 10.1. The van der Waals surface area contributed by atoms with Crippen LogP contribution in [0.5, 0.6) is 17.2 Å². The van der Waals surface area contributed by atoms with Crippen LogP contribution < -0.4 is 19.9 Å². The molecule has 0 spiro atoms.